The van der Waals surface area contributed by atoms with Gasteiger partial charge in [0.2, 0.25) is 0 Å². The van der Waals surface area contributed by atoms with Crippen LogP contribution in [-0.2, 0) is 27.3 Å². The number of hydrogen-bond acceptors (Lipinski definition) is 7. The molecule has 1 amide bonds. The number of hydrogen-bond donors (Lipinski definition) is 2. The van der Waals surface area contributed by atoms with Crippen LogP contribution in [0.2, 0.25) is 0 Å². The lowest BCUT2D eigenvalue weighted by atomic mass is 9.86. The Kier molecular flexibility index (Phi) is 6.65. The Morgan fingerprint density at radius 1 is 1.23 bits per heavy atom. The van der Waals surface area contributed by atoms with Crippen LogP contribution in [0.4, 0.5) is 4.39 Å². The molecule has 35 heavy (non-hydrogen) atoms. The lowest BCUT2D eigenvalue weighted by molar-refractivity contribution is -0.132. The summed E-state index contributed by atoms with van der Waals surface area (Å²) in [6, 6.07) is 10.1. The van der Waals surface area contributed by atoms with E-state index in [4.69, 9.17) is 14.2 Å². The summed E-state index contributed by atoms with van der Waals surface area (Å²) in [4.78, 5) is 12.6. The summed E-state index contributed by atoms with van der Waals surface area (Å²) < 4.78 is 31.9. The molecule has 2 fully saturated rings. The first-order chi connectivity index (χ1) is 17.1. The van der Waals surface area contributed by atoms with Gasteiger partial charge >= 0.3 is 0 Å². The molecule has 0 aliphatic carbocycles. The monoisotopic (exact) mass is 476 g/mol. The summed E-state index contributed by atoms with van der Waals surface area (Å²) in [5.74, 6) is -0.220. The van der Waals surface area contributed by atoms with Crippen molar-refractivity contribution >= 4 is 5.91 Å². The minimum atomic E-state index is -0.916. The maximum absolute atomic E-state index is 15.2. The van der Waals surface area contributed by atoms with E-state index in [0.717, 1.165) is 29.7 Å². The number of nitriles is 2. The Balaban J connectivity index is 1.38. The van der Waals surface area contributed by atoms with Crippen LogP contribution in [0.5, 0.6) is 5.75 Å². The van der Waals surface area contributed by atoms with Gasteiger partial charge in [0.15, 0.2) is 0 Å². The number of rotatable bonds is 5. The fraction of sp³-hybridized carbons (Fsp3) is 0.423. The summed E-state index contributed by atoms with van der Waals surface area (Å²) in [5, 5.41) is 25.0. The minimum Gasteiger partial charge on any atom is -0.488 e. The lowest BCUT2D eigenvalue weighted by Gasteiger charge is -2.29. The SMILES string of the molecule is N#Cc1cc2c(cc1C1COC1)-c1cc(F)c(C[C@@H](C#N)NC(=O)[C@@H]3CNCCCO3)cc1OC2. The van der Waals surface area contributed by atoms with Crippen molar-refractivity contribution in [2.75, 3.05) is 32.9 Å². The van der Waals surface area contributed by atoms with E-state index in [1.807, 2.05) is 18.2 Å². The average molecular weight is 477 g/mol. The Labute approximate surface area is 202 Å². The molecule has 0 saturated carbocycles. The highest BCUT2D eigenvalue weighted by molar-refractivity contribution is 5.82. The van der Waals surface area contributed by atoms with Crippen LogP contribution >= 0.6 is 0 Å². The fourth-order valence-corrected chi connectivity index (χ4v) is 4.62. The second-order valence-electron chi connectivity index (χ2n) is 8.98. The van der Waals surface area contributed by atoms with Crippen molar-refractivity contribution in [3.63, 3.8) is 0 Å². The molecule has 8 nitrogen and oxygen atoms in total. The number of nitrogens with one attached hydrogen (secondary N) is 2. The second kappa shape index (κ2) is 10.0. The molecular weight excluding hydrogens is 451 g/mol. The summed E-state index contributed by atoms with van der Waals surface area (Å²) in [6.07, 6.45) is 0.119. The lowest BCUT2D eigenvalue weighted by Crippen LogP contribution is -2.46. The number of nitrogens with zero attached hydrogens (tertiary/aromatic N) is 2. The summed E-state index contributed by atoms with van der Waals surface area (Å²) in [6.45, 7) is 2.98. The molecule has 180 valence electrons. The molecular formula is C26H25FN4O4. The number of amides is 1. The Morgan fingerprint density at radius 2 is 2.09 bits per heavy atom. The third kappa shape index (κ3) is 4.71. The zero-order chi connectivity index (χ0) is 24.4. The maximum Gasteiger partial charge on any atom is 0.251 e. The van der Waals surface area contributed by atoms with Crippen molar-refractivity contribution < 1.29 is 23.4 Å². The van der Waals surface area contributed by atoms with E-state index in [2.05, 4.69) is 16.7 Å². The minimum absolute atomic E-state index is 0.00421. The number of ether oxygens (including phenoxy) is 3. The van der Waals surface area contributed by atoms with E-state index in [-0.39, 0.29) is 24.5 Å². The molecule has 0 spiro atoms. The molecule has 2 atom stereocenters. The fourth-order valence-electron chi connectivity index (χ4n) is 4.62. The Bertz CT molecular complexity index is 1220. The topological polar surface area (TPSA) is 116 Å². The number of halogens is 1. The average Bonchev–Trinajstić information content (AvgIpc) is 3.12. The molecule has 0 radical (unpaired) electrons. The molecule has 3 aliphatic heterocycles. The molecule has 2 aromatic carbocycles. The van der Waals surface area contributed by atoms with Gasteiger partial charge in [-0.05, 0) is 59.5 Å². The summed E-state index contributed by atoms with van der Waals surface area (Å²) in [5.41, 5.74) is 4.03. The van der Waals surface area contributed by atoms with Crippen molar-refractivity contribution in [3.05, 3.63) is 52.3 Å². The van der Waals surface area contributed by atoms with Crippen LogP contribution in [0.15, 0.2) is 24.3 Å². The van der Waals surface area contributed by atoms with Crippen LogP contribution in [-0.4, -0.2) is 51.0 Å². The van der Waals surface area contributed by atoms with Crippen LogP contribution < -0.4 is 15.4 Å². The highest BCUT2D eigenvalue weighted by Crippen LogP contribution is 2.42. The molecule has 0 aromatic heterocycles. The largest absolute Gasteiger partial charge is 0.488 e. The highest BCUT2D eigenvalue weighted by atomic mass is 19.1. The number of carbonyl (C=O) groups is 1. The molecule has 3 heterocycles. The second-order valence-corrected chi connectivity index (χ2v) is 8.98. The van der Waals surface area contributed by atoms with Gasteiger partial charge in [-0.15, -0.1) is 0 Å². The molecule has 3 aliphatic rings. The van der Waals surface area contributed by atoms with Crippen LogP contribution in [0.3, 0.4) is 0 Å². The molecule has 2 saturated heterocycles. The van der Waals surface area contributed by atoms with E-state index in [1.54, 1.807) is 6.07 Å². The normalized spacial score (nSPS) is 20.0. The number of benzene rings is 2. The van der Waals surface area contributed by atoms with Gasteiger partial charge in [-0.1, -0.05) is 0 Å². The zero-order valence-corrected chi connectivity index (χ0v) is 19.1. The van der Waals surface area contributed by atoms with E-state index in [1.165, 1.54) is 6.07 Å². The van der Waals surface area contributed by atoms with Crippen molar-refractivity contribution in [1.29, 1.82) is 10.5 Å². The zero-order valence-electron chi connectivity index (χ0n) is 19.1. The van der Waals surface area contributed by atoms with Gasteiger partial charge in [-0.25, -0.2) is 4.39 Å². The third-order valence-electron chi connectivity index (χ3n) is 6.63. The molecule has 5 rings (SSSR count). The van der Waals surface area contributed by atoms with Gasteiger partial charge in [-0.2, -0.15) is 10.5 Å². The first kappa shape index (κ1) is 23.3. The van der Waals surface area contributed by atoms with Crippen LogP contribution in [0, 0.1) is 28.5 Å². The van der Waals surface area contributed by atoms with Crippen molar-refractivity contribution in [1.82, 2.24) is 10.6 Å². The smallest absolute Gasteiger partial charge is 0.251 e. The Morgan fingerprint density at radius 3 is 2.83 bits per heavy atom. The van der Waals surface area contributed by atoms with Gasteiger partial charge < -0.3 is 24.8 Å². The molecule has 0 bridgehead atoms. The molecule has 2 N–H and O–H groups in total. The summed E-state index contributed by atoms with van der Waals surface area (Å²) >= 11 is 0. The number of carbonyl (C=O) groups excluding carboxylic acids is 1. The van der Waals surface area contributed by atoms with E-state index in [9.17, 15) is 15.3 Å². The third-order valence-corrected chi connectivity index (χ3v) is 6.63. The van der Waals surface area contributed by atoms with E-state index < -0.39 is 23.9 Å². The molecule has 9 heteroatoms. The van der Waals surface area contributed by atoms with Crippen molar-refractivity contribution in [2.45, 2.75) is 37.5 Å². The molecule has 2 aromatic rings. The van der Waals surface area contributed by atoms with Crippen LogP contribution in [0.1, 0.15) is 34.6 Å². The number of fused-ring (bicyclic) bond motifs is 3. The van der Waals surface area contributed by atoms with E-state index in [0.29, 0.717) is 43.2 Å². The van der Waals surface area contributed by atoms with Gasteiger partial charge in [0.05, 0.1) is 30.9 Å². The van der Waals surface area contributed by atoms with Gasteiger partial charge in [0.1, 0.15) is 30.3 Å². The van der Waals surface area contributed by atoms with Crippen molar-refractivity contribution in [3.8, 4) is 29.0 Å². The van der Waals surface area contributed by atoms with Crippen LogP contribution in [0.25, 0.3) is 11.1 Å². The first-order valence-electron chi connectivity index (χ1n) is 11.7. The van der Waals surface area contributed by atoms with Gasteiger partial charge in [-0.3, -0.25) is 4.79 Å². The predicted octanol–water partition coefficient (Wildman–Crippen LogP) is 2.30. The van der Waals surface area contributed by atoms with Crippen molar-refractivity contribution in [2.24, 2.45) is 0 Å². The Hall–Kier alpha value is -3.50. The highest BCUT2D eigenvalue weighted by Gasteiger charge is 2.29. The maximum atomic E-state index is 15.2. The standard InChI is InChI=1S/C26H25FN4O4/c27-23-8-22-21-7-20(18-12-33-13-18)16(9-28)4-17(21)14-35-24(22)6-15(23)5-19(10-29)31-26(32)25-11-30-2-1-3-34-25/h4,6-8,18-19,25,30H,1-3,5,11-14H2,(H,31,32)/t19-,25-/m0/s1. The van der Waals surface area contributed by atoms with Gasteiger partial charge in [0.25, 0.3) is 5.91 Å². The molecule has 0 unspecified atom stereocenters. The summed E-state index contributed by atoms with van der Waals surface area (Å²) in [7, 11) is 0. The predicted molar refractivity (Wildman–Crippen MR) is 123 cm³/mol. The first-order valence-corrected chi connectivity index (χ1v) is 11.7. The van der Waals surface area contributed by atoms with Gasteiger partial charge in [0, 0.05) is 31.1 Å². The van der Waals surface area contributed by atoms with E-state index >= 15 is 4.39 Å². The quantitative estimate of drug-likeness (QED) is 0.680.